The largest absolute Gasteiger partial charge is 0.480 e. The summed E-state index contributed by atoms with van der Waals surface area (Å²) < 4.78 is 0. The summed E-state index contributed by atoms with van der Waals surface area (Å²) in [6.45, 7) is 4.82. The van der Waals surface area contributed by atoms with Gasteiger partial charge < -0.3 is 15.7 Å². The molecule has 0 heterocycles. The molecule has 0 aromatic carbocycles. The van der Waals surface area contributed by atoms with Crippen molar-refractivity contribution in [2.45, 2.75) is 64.8 Å². The summed E-state index contributed by atoms with van der Waals surface area (Å²) >= 11 is 0. The number of carbonyl (C=O) groups excluding carboxylic acids is 1. The van der Waals surface area contributed by atoms with Crippen molar-refractivity contribution in [3.63, 3.8) is 0 Å². The molecule has 1 aliphatic carbocycles. The molecule has 0 bridgehead atoms. The molecule has 1 saturated carbocycles. The second-order valence-electron chi connectivity index (χ2n) is 5.99. The first-order chi connectivity index (χ1) is 9.52. The van der Waals surface area contributed by atoms with E-state index < -0.39 is 12.0 Å². The third-order valence-electron chi connectivity index (χ3n) is 4.15. The maximum absolute atomic E-state index is 11.6. The number of carbonyl (C=O) groups is 2. The van der Waals surface area contributed by atoms with E-state index in [4.69, 9.17) is 5.11 Å². The Bertz CT molecular complexity index is 312. The average Bonchev–Trinajstić information content (AvgIpc) is 2.40. The van der Waals surface area contributed by atoms with Crippen LogP contribution in [0.1, 0.15) is 58.8 Å². The Morgan fingerprint density at radius 3 is 2.45 bits per heavy atom. The van der Waals surface area contributed by atoms with E-state index in [0.717, 1.165) is 18.8 Å². The molecule has 0 spiro atoms. The van der Waals surface area contributed by atoms with Crippen LogP contribution in [0.2, 0.25) is 0 Å². The molecule has 116 valence electrons. The molecule has 0 radical (unpaired) electrons. The molecule has 0 aliphatic heterocycles. The molecular formula is C15H28N2O3. The first-order valence-corrected chi connectivity index (χ1v) is 7.80. The number of urea groups is 1. The zero-order valence-electron chi connectivity index (χ0n) is 12.7. The third kappa shape index (κ3) is 6.26. The van der Waals surface area contributed by atoms with Crippen LogP contribution in [0, 0.1) is 11.8 Å². The van der Waals surface area contributed by atoms with Crippen molar-refractivity contribution in [1.82, 2.24) is 10.6 Å². The molecule has 0 aromatic rings. The number of carboxylic acids is 1. The lowest BCUT2D eigenvalue weighted by Gasteiger charge is -2.26. The minimum atomic E-state index is -0.969. The van der Waals surface area contributed by atoms with E-state index in [1.54, 1.807) is 0 Å². The van der Waals surface area contributed by atoms with Gasteiger partial charge in [-0.3, -0.25) is 0 Å². The Kier molecular flexibility index (Phi) is 7.41. The van der Waals surface area contributed by atoms with Gasteiger partial charge in [0.25, 0.3) is 0 Å². The molecule has 3 N–H and O–H groups in total. The predicted octanol–water partition coefficient (Wildman–Crippen LogP) is 2.76. The van der Waals surface area contributed by atoms with Crippen LogP contribution in [-0.4, -0.2) is 29.7 Å². The van der Waals surface area contributed by atoms with E-state index in [9.17, 15) is 9.59 Å². The number of hydrogen-bond acceptors (Lipinski definition) is 2. The monoisotopic (exact) mass is 284 g/mol. The fourth-order valence-corrected chi connectivity index (χ4v) is 2.76. The smallest absolute Gasteiger partial charge is 0.326 e. The van der Waals surface area contributed by atoms with Crippen LogP contribution >= 0.6 is 0 Å². The summed E-state index contributed by atoms with van der Waals surface area (Å²) in [6.07, 6.45) is 7.26. The molecule has 5 nitrogen and oxygen atoms in total. The lowest BCUT2D eigenvalue weighted by molar-refractivity contribution is -0.139. The first-order valence-electron chi connectivity index (χ1n) is 7.80. The minimum Gasteiger partial charge on any atom is -0.480 e. The van der Waals surface area contributed by atoms with Crippen molar-refractivity contribution in [3.05, 3.63) is 0 Å². The van der Waals surface area contributed by atoms with Gasteiger partial charge in [0.05, 0.1) is 0 Å². The van der Waals surface area contributed by atoms with Crippen LogP contribution in [0.25, 0.3) is 0 Å². The van der Waals surface area contributed by atoms with E-state index in [-0.39, 0.29) is 6.03 Å². The zero-order valence-corrected chi connectivity index (χ0v) is 12.7. The number of rotatable bonds is 7. The van der Waals surface area contributed by atoms with Gasteiger partial charge in [-0.1, -0.05) is 46.0 Å². The second kappa shape index (κ2) is 8.82. The molecule has 1 rings (SSSR count). The lowest BCUT2D eigenvalue weighted by Crippen LogP contribution is -2.46. The molecular weight excluding hydrogens is 256 g/mol. The summed E-state index contributed by atoms with van der Waals surface area (Å²) in [5, 5.41) is 14.2. The van der Waals surface area contributed by atoms with Crippen LogP contribution in [0.15, 0.2) is 0 Å². The Morgan fingerprint density at radius 2 is 1.90 bits per heavy atom. The fourth-order valence-electron chi connectivity index (χ4n) is 2.76. The average molecular weight is 284 g/mol. The minimum absolute atomic E-state index is 0.366. The van der Waals surface area contributed by atoms with Gasteiger partial charge >= 0.3 is 12.0 Å². The van der Waals surface area contributed by atoms with Crippen LogP contribution in [0.3, 0.4) is 0 Å². The van der Waals surface area contributed by atoms with Crippen molar-refractivity contribution in [1.29, 1.82) is 0 Å². The molecule has 0 aromatic heterocycles. The number of nitrogens with one attached hydrogen (secondary N) is 2. The molecule has 1 aliphatic rings. The van der Waals surface area contributed by atoms with Crippen LogP contribution in [0.5, 0.6) is 0 Å². The van der Waals surface area contributed by atoms with Crippen molar-refractivity contribution < 1.29 is 14.7 Å². The van der Waals surface area contributed by atoms with E-state index in [0.29, 0.717) is 18.9 Å². The number of hydrogen-bond donors (Lipinski definition) is 3. The summed E-state index contributed by atoms with van der Waals surface area (Å²) in [5.74, 6) is 0.577. The highest BCUT2D eigenvalue weighted by atomic mass is 16.4. The quantitative estimate of drug-likeness (QED) is 0.672. The van der Waals surface area contributed by atoms with Crippen LogP contribution in [0.4, 0.5) is 4.79 Å². The Hall–Kier alpha value is -1.26. The highest BCUT2D eigenvalue weighted by Gasteiger charge is 2.20. The van der Waals surface area contributed by atoms with Gasteiger partial charge in [0.15, 0.2) is 0 Å². The van der Waals surface area contributed by atoms with Gasteiger partial charge in [-0.15, -0.1) is 0 Å². The summed E-state index contributed by atoms with van der Waals surface area (Å²) in [7, 11) is 0. The van der Waals surface area contributed by atoms with E-state index >= 15 is 0 Å². The summed E-state index contributed by atoms with van der Waals surface area (Å²) in [5.41, 5.74) is 0. The van der Waals surface area contributed by atoms with Gasteiger partial charge in [0.2, 0.25) is 0 Å². The Labute approximate surface area is 121 Å². The normalized spacial score (nSPS) is 23.9. The van der Waals surface area contributed by atoms with E-state index in [1.165, 1.54) is 25.7 Å². The molecule has 2 amide bonds. The topological polar surface area (TPSA) is 78.4 Å². The second-order valence-corrected chi connectivity index (χ2v) is 5.99. The Morgan fingerprint density at radius 1 is 1.25 bits per heavy atom. The third-order valence-corrected chi connectivity index (χ3v) is 4.15. The van der Waals surface area contributed by atoms with Crippen molar-refractivity contribution >= 4 is 12.0 Å². The summed E-state index contributed by atoms with van der Waals surface area (Å²) in [6, 6.07) is -1.15. The van der Waals surface area contributed by atoms with Crippen LogP contribution < -0.4 is 10.6 Å². The Balaban J connectivity index is 2.17. The molecule has 1 fully saturated rings. The summed E-state index contributed by atoms with van der Waals surface area (Å²) in [4.78, 5) is 22.6. The van der Waals surface area contributed by atoms with Gasteiger partial charge in [0.1, 0.15) is 6.04 Å². The zero-order chi connectivity index (χ0) is 15.0. The lowest BCUT2D eigenvalue weighted by atomic mass is 9.81. The molecule has 20 heavy (non-hydrogen) atoms. The molecule has 1 atom stereocenters. The fraction of sp³-hybridized carbons (Fsp3) is 0.867. The highest BCUT2D eigenvalue weighted by molar-refractivity contribution is 5.82. The van der Waals surface area contributed by atoms with Gasteiger partial charge in [-0.2, -0.15) is 0 Å². The van der Waals surface area contributed by atoms with Crippen molar-refractivity contribution in [2.24, 2.45) is 11.8 Å². The predicted molar refractivity (Wildman–Crippen MR) is 78.6 cm³/mol. The van der Waals surface area contributed by atoms with Gasteiger partial charge in [0, 0.05) is 6.54 Å². The maximum Gasteiger partial charge on any atom is 0.326 e. The molecule has 0 unspecified atom stereocenters. The maximum atomic E-state index is 11.6. The number of aliphatic carboxylic acids is 1. The number of carboxylic acid groups (broad SMARTS) is 1. The van der Waals surface area contributed by atoms with Crippen LogP contribution in [-0.2, 0) is 4.79 Å². The van der Waals surface area contributed by atoms with E-state index in [1.807, 2.05) is 6.92 Å². The molecule has 0 saturated heterocycles. The van der Waals surface area contributed by atoms with Crippen molar-refractivity contribution in [2.75, 3.05) is 6.54 Å². The molecule has 5 heteroatoms. The highest BCUT2D eigenvalue weighted by Crippen LogP contribution is 2.29. The van der Waals surface area contributed by atoms with Gasteiger partial charge in [-0.25, -0.2) is 9.59 Å². The van der Waals surface area contributed by atoms with E-state index in [2.05, 4.69) is 17.6 Å². The standard InChI is InChI=1S/C15H28N2O3/c1-3-4-13(14(18)19)17-15(20)16-10-9-12-7-5-11(2)6-8-12/h11-13H,3-10H2,1-2H3,(H,18,19)(H2,16,17,20)/t11?,12?,13-/m0/s1. The number of amides is 2. The van der Waals surface area contributed by atoms with Crippen molar-refractivity contribution in [3.8, 4) is 0 Å². The van der Waals surface area contributed by atoms with Gasteiger partial charge in [-0.05, 0) is 24.7 Å². The first kappa shape index (κ1) is 16.8. The SMILES string of the molecule is CCC[C@H](NC(=O)NCCC1CCC(C)CC1)C(=O)O.